The van der Waals surface area contributed by atoms with Crippen molar-refractivity contribution in [1.29, 1.82) is 0 Å². The Bertz CT molecular complexity index is 471. The molecule has 6 nitrogen and oxygen atoms in total. The first-order valence-corrected chi connectivity index (χ1v) is 7.06. The molecule has 1 aliphatic carbocycles. The lowest BCUT2D eigenvalue weighted by atomic mass is 9.82. The molecule has 1 saturated heterocycles. The van der Waals surface area contributed by atoms with Crippen molar-refractivity contribution in [3.8, 4) is 0 Å². The van der Waals surface area contributed by atoms with E-state index < -0.39 is 17.4 Å². The zero-order valence-corrected chi connectivity index (χ0v) is 12.1. The highest BCUT2D eigenvalue weighted by Gasteiger charge is 2.59. The van der Waals surface area contributed by atoms with Gasteiger partial charge in [0.1, 0.15) is 23.0 Å². The van der Waals surface area contributed by atoms with E-state index in [1.165, 1.54) is 0 Å². The quantitative estimate of drug-likeness (QED) is 0.577. The number of nitrogens with zero attached hydrogens (tertiary/aromatic N) is 1. The van der Waals surface area contributed by atoms with Crippen molar-refractivity contribution in [2.24, 2.45) is 5.41 Å². The van der Waals surface area contributed by atoms with Gasteiger partial charge in [-0.25, -0.2) is 4.79 Å². The van der Waals surface area contributed by atoms with Crippen LogP contribution >= 0.6 is 12.6 Å². The van der Waals surface area contributed by atoms with Gasteiger partial charge in [-0.1, -0.05) is 6.92 Å². The number of amides is 1. The average molecular weight is 299 g/mol. The van der Waals surface area contributed by atoms with Crippen molar-refractivity contribution in [2.75, 3.05) is 6.54 Å². The third-order valence-corrected chi connectivity index (χ3v) is 4.26. The molecule has 110 valence electrons. The number of rotatable bonds is 3. The first kappa shape index (κ1) is 15.0. The number of hydrogen-bond donors (Lipinski definition) is 2. The van der Waals surface area contributed by atoms with Gasteiger partial charge in [-0.15, -0.1) is 0 Å². The number of hydrogen-bond acceptors (Lipinski definition) is 5. The maximum atomic E-state index is 12.1. The molecule has 2 atom stereocenters. The summed E-state index contributed by atoms with van der Waals surface area (Å²) < 4.78 is 0. The molecule has 20 heavy (non-hydrogen) atoms. The van der Waals surface area contributed by atoms with Gasteiger partial charge in [0.2, 0.25) is 5.91 Å². The lowest BCUT2D eigenvalue weighted by Gasteiger charge is -2.23. The van der Waals surface area contributed by atoms with Crippen LogP contribution < -0.4 is 0 Å². The first-order chi connectivity index (χ1) is 9.28. The molecule has 7 heteroatoms. The first-order valence-electron chi connectivity index (χ1n) is 6.55. The van der Waals surface area contributed by atoms with Crippen molar-refractivity contribution in [1.82, 2.24) is 4.90 Å². The Kier molecular flexibility index (Phi) is 3.90. The standard InChI is InChI=1S/C13H17NO5S/c1-7(20)4-11(17)14-6-13(5-8(14)12(18)19)9(15)2-3-10(13)16/h7-8,20H,2-6H2,1H3,(H,18,19). The molecular formula is C13H17NO5S. The maximum Gasteiger partial charge on any atom is 0.326 e. The molecule has 0 aromatic heterocycles. The Morgan fingerprint density at radius 3 is 2.40 bits per heavy atom. The number of ketones is 2. The molecule has 2 rings (SSSR count). The molecule has 0 aromatic rings. The minimum atomic E-state index is -1.28. The number of carboxylic acids is 1. The number of thiol groups is 1. The van der Waals surface area contributed by atoms with E-state index in [2.05, 4.69) is 12.6 Å². The maximum absolute atomic E-state index is 12.1. The van der Waals surface area contributed by atoms with Crippen LogP contribution in [0.4, 0.5) is 0 Å². The SMILES string of the molecule is CC(S)CC(=O)N1CC2(CC1C(=O)O)C(=O)CCC2=O. The monoisotopic (exact) mass is 299 g/mol. The van der Waals surface area contributed by atoms with E-state index in [1.54, 1.807) is 6.92 Å². The van der Waals surface area contributed by atoms with Crippen molar-refractivity contribution in [3.05, 3.63) is 0 Å². The molecule has 0 aromatic carbocycles. The van der Waals surface area contributed by atoms with E-state index in [-0.39, 0.29) is 55.0 Å². The molecule has 1 heterocycles. The molecule has 1 N–H and O–H groups in total. The van der Waals surface area contributed by atoms with Gasteiger partial charge in [0.15, 0.2) is 0 Å². The van der Waals surface area contributed by atoms with Gasteiger partial charge in [0.05, 0.1) is 0 Å². The van der Waals surface area contributed by atoms with Crippen LogP contribution in [0.3, 0.4) is 0 Å². The topological polar surface area (TPSA) is 91.8 Å². The van der Waals surface area contributed by atoms with E-state index in [0.29, 0.717) is 0 Å². The summed E-state index contributed by atoms with van der Waals surface area (Å²) in [4.78, 5) is 48.6. The Hall–Kier alpha value is -1.37. The van der Waals surface area contributed by atoms with Gasteiger partial charge in [-0.2, -0.15) is 12.6 Å². The number of carbonyl (C=O) groups is 4. The lowest BCUT2D eigenvalue weighted by Crippen LogP contribution is -2.42. The summed E-state index contributed by atoms with van der Waals surface area (Å²) in [6, 6.07) is -1.10. The predicted molar refractivity (Wildman–Crippen MR) is 72.5 cm³/mol. The molecule has 1 saturated carbocycles. The zero-order valence-electron chi connectivity index (χ0n) is 11.2. The molecule has 1 amide bonds. The van der Waals surface area contributed by atoms with Crippen LogP contribution in [-0.4, -0.2) is 51.3 Å². The summed E-state index contributed by atoms with van der Waals surface area (Å²) in [6.07, 6.45) is 0.296. The minimum absolute atomic E-state index is 0.0886. The van der Waals surface area contributed by atoms with E-state index in [0.717, 1.165) is 4.90 Å². The van der Waals surface area contributed by atoms with Crippen LogP contribution in [0.1, 0.15) is 32.6 Å². The van der Waals surface area contributed by atoms with Crippen molar-refractivity contribution in [2.45, 2.75) is 43.9 Å². The van der Waals surface area contributed by atoms with E-state index in [4.69, 9.17) is 0 Å². The number of aliphatic carboxylic acids is 1. The second kappa shape index (κ2) is 5.20. The summed E-state index contributed by atoms with van der Waals surface area (Å²) in [6.45, 7) is 1.63. The molecular weight excluding hydrogens is 282 g/mol. The van der Waals surface area contributed by atoms with Crippen molar-refractivity contribution < 1.29 is 24.3 Å². The van der Waals surface area contributed by atoms with Crippen LogP contribution in [0.15, 0.2) is 0 Å². The van der Waals surface area contributed by atoms with Gasteiger partial charge in [-0.3, -0.25) is 14.4 Å². The van der Waals surface area contributed by atoms with Crippen molar-refractivity contribution >= 4 is 36.1 Å². The Balaban J connectivity index is 2.28. The van der Waals surface area contributed by atoms with Gasteiger partial charge in [0, 0.05) is 31.1 Å². The summed E-state index contributed by atoms with van der Waals surface area (Å²) in [5.41, 5.74) is -1.28. The third kappa shape index (κ3) is 2.34. The van der Waals surface area contributed by atoms with Crippen LogP contribution in [0.2, 0.25) is 0 Å². The molecule has 0 bridgehead atoms. The Labute approximate surface area is 121 Å². The van der Waals surface area contributed by atoms with Crippen LogP contribution in [0.25, 0.3) is 0 Å². The molecule has 2 aliphatic rings. The van der Waals surface area contributed by atoms with Gasteiger partial charge >= 0.3 is 5.97 Å². The highest BCUT2D eigenvalue weighted by Crippen LogP contribution is 2.43. The fraction of sp³-hybridized carbons (Fsp3) is 0.692. The van der Waals surface area contributed by atoms with Crippen LogP contribution in [0.5, 0.6) is 0 Å². The smallest absolute Gasteiger partial charge is 0.326 e. The van der Waals surface area contributed by atoms with Crippen LogP contribution in [-0.2, 0) is 19.2 Å². The summed E-state index contributed by atoms with van der Waals surface area (Å²) in [5.74, 6) is -2.01. The highest BCUT2D eigenvalue weighted by atomic mass is 32.1. The van der Waals surface area contributed by atoms with E-state index in [1.807, 2.05) is 0 Å². The normalized spacial score (nSPS) is 26.3. The van der Waals surface area contributed by atoms with Gasteiger partial charge in [0.25, 0.3) is 0 Å². The predicted octanol–water partition coefficient (Wildman–Crippen LogP) is 0.299. The van der Waals surface area contributed by atoms with E-state index >= 15 is 0 Å². The summed E-state index contributed by atoms with van der Waals surface area (Å²) >= 11 is 4.12. The molecule has 2 fully saturated rings. The number of likely N-dealkylation sites (tertiary alicyclic amines) is 1. The number of carboxylic acid groups (broad SMARTS) is 1. The molecule has 1 spiro atoms. The zero-order chi connectivity index (χ0) is 15.1. The second-order valence-corrected chi connectivity index (χ2v) is 6.44. The van der Waals surface area contributed by atoms with Crippen molar-refractivity contribution in [3.63, 3.8) is 0 Å². The molecule has 2 unspecified atom stereocenters. The summed E-state index contributed by atoms with van der Waals surface area (Å²) in [5, 5.41) is 9.04. The second-order valence-electron chi connectivity index (χ2n) is 5.56. The minimum Gasteiger partial charge on any atom is -0.480 e. The summed E-state index contributed by atoms with van der Waals surface area (Å²) in [7, 11) is 0. The van der Waals surface area contributed by atoms with Crippen LogP contribution in [0, 0.1) is 5.41 Å². The van der Waals surface area contributed by atoms with Gasteiger partial charge < -0.3 is 10.0 Å². The molecule has 0 radical (unpaired) electrons. The Morgan fingerprint density at radius 1 is 1.40 bits per heavy atom. The van der Waals surface area contributed by atoms with E-state index in [9.17, 15) is 24.3 Å². The highest BCUT2D eigenvalue weighted by molar-refractivity contribution is 7.80. The average Bonchev–Trinajstić information content (AvgIpc) is 2.87. The molecule has 1 aliphatic heterocycles. The Morgan fingerprint density at radius 2 is 1.95 bits per heavy atom. The number of Topliss-reactive ketones (excluding diaryl/α,β-unsaturated/α-hetero) is 2. The lowest BCUT2D eigenvalue weighted by molar-refractivity contribution is -0.148. The van der Waals surface area contributed by atoms with Gasteiger partial charge in [-0.05, 0) is 6.42 Å². The fourth-order valence-electron chi connectivity index (χ4n) is 3.02. The number of carbonyl (C=O) groups excluding carboxylic acids is 3. The third-order valence-electron chi connectivity index (χ3n) is 4.08. The fourth-order valence-corrected chi connectivity index (χ4v) is 3.18. The largest absolute Gasteiger partial charge is 0.480 e.